The van der Waals surface area contributed by atoms with Crippen molar-refractivity contribution in [3.05, 3.63) is 47.1 Å². The minimum atomic E-state index is -0.372. The minimum absolute atomic E-state index is 0.0771. The molecule has 146 valence electrons. The van der Waals surface area contributed by atoms with Gasteiger partial charge in [0.25, 0.3) is 11.5 Å². The van der Waals surface area contributed by atoms with Crippen molar-refractivity contribution in [2.24, 2.45) is 7.05 Å². The number of carbonyl (C=O) groups is 2. The van der Waals surface area contributed by atoms with Gasteiger partial charge in [0.15, 0.2) is 12.3 Å². The maximum atomic E-state index is 12.4. The van der Waals surface area contributed by atoms with Crippen LogP contribution < -0.4 is 20.9 Å². The molecule has 0 aliphatic rings. The summed E-state index contributed by atoms with van der Waals surface area (Å²) in [6.45, 7) is 2.12. The van der Waals surface area contributed by atoms with Crippen LogP contribution in [0.3, 0.4) is 0 Å². The number of likely N-dealkylation sites (N-methyl/N-ethyl adjacent to an activating group) is 1. The van der Waals surface area contributed by atoms with E-state index in [1.807, 2.05) is 6.92 Å². The van der Waals surface area contributed by atoms with E-state index < -0.39 is 0 Å². The number of aryl methyl sites for hydroxylation is 1. The third kappa shape index (κ3) is 4.34. The molecule has 0 aliphatic heterocycles. The molecule has 2 aromatic heterocycles. The van der Waals surface area contributed by atoms with Crippen LogP contribution in [0.25, 0.3) is 11.0 Å². The fourth-order valence-corrected chi connectivity index (χ4v) is 2.57. The van der Waals surface area contributed by atoms with Crippen LogP contribution in [0.15, 0.2) is 41.6 Å². The zero-order chi connectivity index (χ0) is 20.1. The monoisotopic (exact) mass is 384 g/mol. The number of hydrogen-bond donors (Lipinski definition) is 2. The van der Waals surface area contributed by atoms with Gasteiger partial charge in [0.05, 0.1) is 6.20 Å². The molecule has 0 radical (unpaired) electrons. The van der Waals surface area contributed by atoms with E-state index in [1.54, 1.807) is 31.3 Å². The standard InChI is InChI=1S/C18H20N6O4/c1-3-19-16(26)10-28-13-6-4-12(5-7-13)22-15(25)9-24-11-20-17-14(18(24)27)8-21-23(17)2/h4-8,11H,3,9-10H2,1-2H3,(H,19,26)(H,22,25). The van der Waals surface area contributed by atoms with E-state index >= 15 is 0 Å². The van der Waals surface area contributed by atoms with Crippen molar-refractivity contribution in [1.29, 1.82) is 0 Å². The van der Waals surface area contributed by atoms with Crippen molar-refractivity contribution in [2.75, 3.05) is 18.5 Å². The molecule has 0 aliphatic carbocycles. The van der Waals surface area contributed by atoms with Crippen LogP contribution in [-0.4, -0.2) is 44.3 Å². The molecule has 0 unspecified atom stereocenters. The molecule has 0 bridgehead atoms. The SMILES string of the molecule is CCNC(=O)COc1ccc(NC(=O)Cn2cnc3c(cnn3C)c2=O)cc1. The minimum Gasteiger partial charge on any atom is -0.484 e. The highest BCUT2D eigenvalue weighted by atomic mass is 16.5. The van der Waals surface area contributed by atoms with Gasteiger partial charge < -0.3 is 15.4 Å². The lowest BCUT2D eigenvalue weighted by atomic mass is 10.3. The number of rotatable bonds is 7. The lowest BCUT2D eigenvalue weighted by Crippen LogP contribution is -2.28. The summed E-state index contributed by atoms with van der Waals surface area (Å²) in [4.78, 5) is 40.2. The predicted molar refractivity (Wildman–Crippen MR) is 102 cm³/mol. The van der Waals surface area contributed by atoms with Gasteiger partial charge >= 0.3 is 0 Å². The van der Waals surface area contributed by atoms with Gasteiger partial charge in [-0.1, -0.05) is 0 Å². The van der Waals surface area contributed by atoms with Gasteiger partial charge in [-0.15, -0.1) is 0 Å². The Bertz CT molecular complexity index is 1050. The van der Waals surface area contributed by atoms with Crippen LogP contribution in [0, 0.1) is 0 Å². The van der Waals surface area contributed by atoms with Gasteiger partial charge in [0.2, 0.25) is 5.91 Å². The molecule has 2 N–H and O–H groups in total. The van der Waals surface area contributed by atoms with E-state index in [2.05, 4.69) is 20.7 Å². The third-order valence-corrected chi connectivity index (χ3v) is 3.91. The molecule has 2 heterocycles. The van der Waals surface area contributed by atoms with Gasteiger partial charge in [-0.05, 0) is 31.2 Å². The van der Waals surface area contributed by atoms with E-state index in [0.29, 0.717) is 29.0 Å². The summed E-state index contributed by atoms with van der Waals surface area (Å²) in [5.74, 6) is -0.0700. The van der Waals surface area contributed by atoms with Gasteiger partial charge in [0.1, 0.15) is 24.0 Å². The number of ether oxygens (including phenoxy) is 1. The summed E-state index contributed by atoms with van der Waals surface area (Å²) in [6.07, 6.45) is 2.75. The van der Waals surface area contributed by atoms with Gasteiger partial charge in [0, 0.05) is 19.3 Å². The maximum Gasteiger partial charge on any atom is 0.264 e. The van der Waals surface area contributed by atoms with Crippen LogP contribution in [-0.2, 0) is 23.2 Å². The maximum absolute atomic E-state index is 12.4. The predicted octanol–water partition coefficient (Wildman–Crippen LogP) is 0.284. The highest BCUT2D eigenvalue weighted by molar-refractivity contribution is 5.90. The molecule has 0 spiro atoms. The van der Waals surface area contributed by atoms with Crippen molar-refractivity contribution >= 4 is 28.5 Å². The smallest absolute Gasteiger partial charge is 0.264 e. The van der Waals surface area contributed by atoms with Gasteiger partial charge in [-0.25, -0.2) is 4.98 Å². The van der Waals surface area contributed by atoms with Crippen molar-refractivity contribution < 1.29 is 14.3 Å². The molecular weight excluding hydrogens is 364 g/mol. The molecule has 0 saturated heterocycles. The number of fused-ring (bicyclic) bond motifs is 1. The summed E-state index contributed by atoms with van der Waals surface area (Å²) >= 11 is 0. The Hall–Kier alpha value is -3.69. The first-order valence-corrected chi connectivity index (χ1v) is 8.64. The number of aromatic nitrogens is 4. The molecule has 0 saturated carbocycles. The summed E-state index contributed by atoms with van der Waals surface area (Å²) in [7, 11) is 1.69. The Morgan fingerprint density at radius 3 is 2.64 bits per heavy atom. The summed E-state index contributed by atoms with van der Waals surface area (Å²) < 4.78 is 8.07. The average molecular weight is 384 g/mol. The highest BCUT2D eigenvalue weighted by Gasteiger charge is 2.11. The molecule has 3 aromatic rings. The molecule has 2 amide bonds. The largest absolute Gasteiger partial charge is 0.484 e. The zero-order valence-corrected chi connectivity index (χ0v) is 15.5. The summed E-state index contributed by atoms with van der Waals surface area (Å²) in [5, 5.41) is 9.68. The van der Waals surface area contributed by atoms with E-state index in [4.69, 9.17) is 4.74 Å². The Balaban J connectivity index is 1.60. The highest BCUT2D eigenvalue weighted by Crippen LogP contribution is 2.15. The fourth-order valence-electron chi connectivity index (χ4n) is 2.57. The lowest BCUT2D eigenvalue weighted by Gasteiger charge is -2.09. The van der Waals surface area contributed by atoms with E-state index in [0.717, 1.165) is 0 Å². The molecule has 10 nitrogen and oxygen atoms in total. The van der Waals surface area contributed by atoms with Crippen molar-refractivity contribution in [1.82, 2.24) is 24.6 Å². The number of amides is 2. The van der Waals surface area contributed by atoms with Crippen molar-refractivity contribution in [3.8, 4) is 5.75 Å². The Labute approximate surface area is 160 Å². The number of hydrogen-bond acceptors (Lipinski definition) is 6. The summed E-state index contributed by atoms with van der Waals surface area (Å²) in [5.41, 5.74) is 0.672. The number of anilines is 1. The first-order chi connectivity index (χ1) is 13.5. The quantitative estimate of drug-likeness (QED) is 0.604. The van der Waals surface area contributed by atoms with Crippen LogP contribution in [0.2, 0.25) is 0 Å². The number of benzene rings is 1. The Kier molecular flexibility index (Phi) is 5.68. The van der Waals surface area contributed by atoms with Crippen LogP contribution in [0.1, 0.15) is 6.92 Å². The Morgan fingerprint density at radius 1 is 1.18 bits per heavy atom. The molecule has 3 rings (SSSR count). The summed E-state index contributed by atoms with van der Waals surface area (Å²) in [6, 6.07) is 6.58. The fraction of sp³-hybridized carbons (Fsp3) is 0.278. The molecule has 1 aromatic carbocycles. The number of nitrogens with zero attached hydrogens (tertiary/aromatic N) is 4. The normalized spacial score (nSPS) is 10.6. The molecule has 28 heavy (non-hydrogen) atoms. The molecule has 0 fully saturated rings. The topological polar surface area (TPSA) is 120 Å². The second-order valence-corrected chi connectivity index (χ2v) is 6.00. The number of carbonyl (C=O) groups excluding carboxylic acids is 2. The second-order valence-electron chi connectivity index (χ2n) is 6.00. The van der Waals surface area contributed by atoms with E-state index in [9.17, 15) is 14.4 Å². The van der Waals surface area contributed by atoms with Crippen LogP contribution >= 0.6 is 0 Å². The number of nitrogens with one attached hydrogen (secondary N) is 2. The van der Waals surface area contributed by atoms with Crippen LogP contribution in [0.4, 0.5) is 5.69 Å². The molecule has 0 atom stereocenters. The van der Waals surface area contributed by atoms with Gasteiger partial charge in [-0.3, -0.25) is 23.6 Å². The first kappa shape index (κ1) is 19.1. The average Bonchev–Trinajstić information content (AvgIpc) is 3.05. The third-order valence-electron chi connectivity index (χ3n) is 3.91. The van der Waals surface area contributed by atoms with Crippen LogP contribution in [0.5, 0.6) is 5.75 Å². The molecular formula is C18H20N6O4. The van der Waals surface area contributed by atoms with Crippen molar-refractivity contribution in [3.63, 3.8) is 0 Å². The zero-order valence-electron chi connectivity index (χ0n) is 15.5. The van der Waals surface area contributed by atoms with Crippen molar-refractivity contribution in [2.45, 2.75) is 13.5 Å². The van der Waals surface area contributed by atoms with Gasteiger partial charge in [-0.2, -0.15) is 5.10 Å². The Morgan fingerprint density at radius 2 is 1.93 bits per heavy atom. The second kappa shape index (κ2) is 8.33. The molecule has 10 heteroatoms. The van der Waals surface area contributed by atoms with E-state index in [-0.39, 0.29) is 30.5 Å². The first-order valence-electron chi connectivity index (χ1n) is 8.64. The lowest BCUT2D eigenvalue weighted by molar-refractivity contribution is -0.123. The van der Waals surface area contributed by atoms with E-state index in [1.165, 1.54) is 21.8 Å².